The number of nitrogens with zero attached hydrogens (tertiary/aromatic N) is 1. The van der Waals surface area contributed by atoms with Gasteiger partial charge in [0.05, 0.1) is 6.61 Å². The van der Waals surface area contributed by atoms with Gasteiger partial charge in [-0.25, -0.2) is 10.2 Å². The molecule has 5 heteroatoms. The number of ether oxygens (including phenoxy) is 1. The van der Waals surface area contributed by atoms with Gasteiger partial charge in [0.2, 0.25) is 0 Å². The maximum absolute atomic E-state index is 10.7. The molecule has 0 radical (unpaired) electrons. The highest BCUT2D eigenvalue weighted by Crippen LogP contribution is 1.81. The van der Waals surface area contributed by atoms with Crippen LogP contribution in [0.25, 0.3) is 0 Å². The van der Waals surface area contributed by atoms with Crippen LogP contribution in [-0.4, -0.2) is 25.0 Å². The number of carbonyl (C=O) groups excluding carboxylic acids is 1. The maximum atomic E-state index is 10.7. The monoisotopic (exact) mass is 173 g/mol. The summed E-state index contributed by atoms with van der Waals surface area (Å²) in [6, 6.07) is 0. The van der Waals surface area contributed by atoms with E-state index in [-0.39, 0.29) is 0 Å². The van der Waals surface area contributed by atoms with Crippen LogP contribution in [0.1, 0.15) is 20.3 Å². The first kappa shape index (κ1) is 10.9. The Labute approximate surface area is 72.0 Å². The van der Waals surface area contributed by atoms with E-state index in [1.165, 1.54) is 0 Å². The summed E-state index contributed by atoms with van der Waals surface area (Å²) < 4.78 is 4.69. The van der Waals surface area contributed by atoms with E-state index in [0.717, 1.165) is 6.42 Å². The summed E-state index contributed by atoms with van der Waals surface area (Å²) in [4.78, 5) is 10.7. The number of hydrogen-bond acceptors (Lipinski definition) is 4. The van der Waals surface area contributed by atoms with Crippen LogP contribution in [0.15, 0.2) is 5.10 Å². The zero-order valence-electron chi connectivity index (χ0n) is 7.46. The third kappa shape index (κ3) is 5.67. The molecule has 0 atom stereocenters. The summed E-state index contributed by atoms with van der Waals surface area (Å²) in [6.45, 7) is 4.37. The van der Waals surface area contributed by atoms with Gasteiger partial charge in [0, 0.05) is 12.3 Å². The lowest BCUT2D eigenvalue weighted by atomic mass is 10.4. The predicted molar refractivity (Wildman–Crippen MR) is 46.9 cm³/mol. The van der Waals surface area contributed by atoms with Gasteiger partial charge in [0.25, 0.3) is 0 Å². The molecule has 1 amide bonds. The van der Waals surface area contributed by atoms with E-state index in [0.29, 0.717) is 18.9 Å². The van der Waals surface area contributed by atoms with Gasteiger partial charge >= 0.3 is 6.09 Å². The number of hydrogen-bond donors (Lipinski definition) is 2. The standard InChI is InChI=1S/C7H15N3O2/c1-3-4-12-7(11)10-9-6(2)5-8/h3-5,8H2,1-2H3,(H,10,11)/b9-6+. The molecule has 70 valence electrons. The summed E-state index contributed by atoms with van der Waals surface area (Å²) in [5.41, 5.74) is 8.11. The minimum Gasteiger partial charge on any atom is -0.448 e. The van der Waals surface area contributed by atoms with E-state index in [9.17, 15) is 4.79 Å². The third-order valence-electron chi connectivity index (χ3n) is 1.07. The molecule has 0 unspecified atom stereocenters. The Morgan fingerprint density at radius 2 is 2.33 bits per heavy atom. The van der Waals surface area contributed by atoms with Gasteiger partial charge in [-0.3, -0.25) is 0 Å². The smallest absolute Gasteiger partial charge is 0.427 e. The summed E-state index contributed by atoms with van der Waals surface area (Å²) in [7, 11) is 0. The SMILES string of the molecule is CCCOC(=O)N/N=C(\C)CN. The Balaban J connectivity index is 3.56. The van der Waals surface area contributed by atoms with E-state index in [1.54, 1.807) is 6.92 Å². The Morgan fingerprint density at radius 3 is 2.83 bits per heavy atom. The minimum atomic E-state index is -0.537. The van der Waals surface area contributed by atoms with Crippen LogP contribution in [0, 0.1) is 0 Å². The van der Waals surface area contributed by atoms with Crippen molar-refractivity contribution in [3.63, 3.8) is 0 Å². The molecule has 0 fully saturated rings. The van der Waals surface area contributed by atoms with Crippen molar-refractivity contribution in [3.8, 4) is 0 Å². The second kappa shape index (κ2) is 6.60. The highest BCUT2D eigenvalue weighted by Gasteiger charge is 1.97. The molecule has 0 aliphatic carbocycles. The molecule has 0 saturated carbocycles. The molecule has 0 aromatic heterocycles. The van der Waals surface area contributed by atoms with Crippen molar-refractivity contribution in [3.05, 3.63) is 0 Å². The first-order valence-corrected chi connectivity index (χ1v) is 3.86. The first-order chi connectivity index (χ1) is 5.70. The van der Waals surface area contributed by atoms with Crippen molar-refractivity contribution in [1.29, 1.82) is 0 Å². The summed E-state index contributed by atoms with van der Waals surface area (Å²) in [6.07, 6.45) is 0.261. The molecule has 0 heterocycles. The molecule has 0 spiro atoms. The summed E-state index contributed by atoms with van der Waals surface area (Å²) >= 11 is 0. The molecule has 0 aromatic rings. The fourth-order valence-corrected chi connectivity index (χ4v) is 0.414. The molecule has 0 aliphatic heterocycles. The minimum absolute atomic E-state index is 0.327. The number of rotatable bonds is 4. The van der Waals surface area contributed by atoms with Gasteiger partial charge < -0.3 is 10.5 Å². The average Bonchev–Trinajstić information content (AvgIpc) is 2.10. The zero-order chi connectivity index (χ0) is 9.40. The van der Waals surface area contributed by atoms with Crippen LogP contribution < -0.4 is 11.2 Å². The highest BCUT2D eigenvalue weighted by atomic mass is 16.5. The van der Waals surface area contributed by atoms with Crippen LogP contribution in [0.3, 0.4) is 0 Å². The van der Waals surface area contributed by atoms with Gasteiger partial charge in [-0.15, -0.1) is 0 Å². The second-order valence-corrected chi connectivity index (χ2v) is 2.30. The second-order valence-electron chi connectivity index (χ2n) is 2.30. The van der Waals surface area contributed by atoms with Crippen molar-refractivity contribution < 1.29 is 9.53 Å². The number of nitrogens with one attached hydrogen (secondary N) is 1. The molecule has 0 bridgehead atoms. The fourth-order valence-electron chi connectivity index (χ4n) is 0.414. The third-order valence-corrected chi connectivity index (χ3v) is 1.07. The molecule has 5 nitrogen and oxygen atoms in total. The van der Waals surface area contributed by atoms with E-state index >= 15 is 0 Å². The largest absolute Gasteiger partial charge is 0.448 e. The average molecular weight is 173 g/mol. The van der Waals surface area contributed by atoms with E-state index in [1.807, 2.05) is 6.92 Å². The molecule has 0 aliphatic rings. The molecule has 0 rings (SSSR count). The number of hydrazone groups is 1. The highest BCUT2D eigenvalue weighted by molar-refractivity contribution is 5.84. The quantitative estimate of drug-likeness (QED) is 0.479. The van der Waals surface area contributed by atoms with Crippen LogP contribution in [0.4, 0.5) is 4.79 Å². The topological polar surface area (TPSA) is 76.7 Å². The van der Waals surface area contributed by atoms with Crippen molar-refractivity contribution in [2.75, 3.05) is 13.2 Å². The Kier molecular flexibility index (Phi) is 6.00. The molecular weight excluding hydrogens is 158 g/mol. The summed E-state index contributed by atoms with van der Waals surface area (Å²) in [5.74, 6) is 0. The molecule has 0 aromatic carbocycles. The normalized spacial score (nSPS) is 11.1. The number of nitrogens with two attached hydrogens (primary N) is 1. The lowest BCUT2D eigenvalue weighted by molar-refractivity contribution is 0.146. The number of carbonyl (C=O) groups is 1. The molecular formula is C7H15N3O2. The van der Waals surface area contributed by atoms with E-state index in [4.69, 9.17) is 5.73 Å². The first-order valence-electron chi connectivity index (χ1n) is 3.86. The molecule has 0 saturated heterocycles. The Hall–Kier alpha value is -1.10. The lowest BCUT2D eigenvalue weighted by Gasteiger charge is -2.01. The van der Waals surface area contributed by atoms with E-state index < -0.39 is 6.09 Å². The lowest BCUT2D eigenvalue weighted by Crippen LogP contribution is -2.22. The summed E-state index contributed by atoms with van der Waals surface area (Å²) in [5, 5.41) is 3.66. The fraction of sp³-hybridized carbons (Fsp3) is 0.714. The van der Waals surface area contributed by atoms with Gasteiger partial charge in [-0.2, -0.15) is 5.10 Å². The zero-order valence-corrected chi connectivity index (χ0v) is 7.46. The number of amides is 1. The molecule has 3 N–H and O–H groups in total. The Bertz CT molecular complexity index is 168. The Morgan fingerprint density at radius 1 is 1.67 bits per heavy atom. The van der Waals surface area contributed by atoms with E-state index in [2.05, 4.69) is 15.3 Å². The van der Waals surface area contributed by atoms with Crippen LogP contribution in [0.2, 0.25) is 0 Å². The van der Waals surface area contributed by atoms with Gasteiger partial charge in [-0.05, 0) is 13.3 Å². The van der Waals surface area contributed by atoms with Gasteiger partial charge in [0.1, 0.15) is 0 Å². The van der Waals surface area contributed by atoms with Crippen molar-refractivity contribution >= 4 is 11.8 Å². The van der Waals surface area contributed by atoms with Crippen LogP contribution >= 0.6 is 0 Å². The van der Waals surface area contributed by atoms with Gasteiger partial charge in [0.15, 0.2) is 0 Å². The van der Waals surface area contributed by atoms with Crippen molar-refractivity contribution in [2.24, 2.45) is 10.8 Å². The van der Waals surface area contributed by atoms with Crippen LogP contribution in [0.5, 0.6) is 0 Å². The van der Waals surface area contributed by atoms with Gasteiger partial charge in [-0.1, -0.05) is 6.92 Å². The molecule has 12 heavy (non-hydrogen) atoms. The van der Waals surface area contributed by atoms with Crippen molar-refractivity contribution in [2.45, 2.75) is 20.3 Å². The maximum Gasteiger partial charge on any atom is 0.427 e. The van der Waals surface area contributed by atoms with Crippen LogP contribution in [-0.2, 0) is 4.74 Å². The predicted octanol–water partition coefficient (Wildman–Crippen LogP) is 0.457. The van der Waals surface area contributed by atoms with Crippen molar-refractivity contribution in [1.82, 2.24) is 5.43 Å².